The first-order chi connectivity index (χ1) is 9.18. The molecule has 2 aliphatic rings. The molecule has 1 amide bonds. The molecule has 19 heavy (non-hydrogen) atoms. The summed E-state index contributed by atoms with van der Waals surface area (Å²) < 4.78 is 5.24. The van der Waals surface area contributed by atoms with Gasteiger partial charge in [0, 0.05) is 33.2 Å². The molecule has 0 bridgehead atoms. The third kappa shape index (κ3) is 3.48. The first kappa shape index (κ1) is 14.8. The molecule has 0 aromatic carbocycles. The quantitative estimate of drug-likeness (QED) is 0.847. The van der Waals surface area contributed by atoms with E-state index in [4.69, 9.17) is 4.74 Å². The van der Waals surface area contributed by atoms with Crippen LogP contribution in [-0.2, 0) is 9.53 Å². The smallest absolute Gasteiger partial charge is 0.223 e. The van der Waals surface area contributed by atoms with Crippen LogP contribution in [-0.4, -0.2) is 49.2 Å². The highest BCUT2D eigenvalue weighted by Gasteiger charge is 2.41. The molecule has 0 radical (unpaired) electrons. The van der Waals surface area contributed by atoms with Crippen molar-refractivity contribution in [3.05, 3.63) is 0 Å². The Balaban J connectivity index is 1.96. The van der Waals surface area contributed by atoms with E-state index in [1.165, 1.54) is 32.1 Å². The number of carbonyl (C=O) groups is 1. The number of nitrogens with one attached hydrogen (secondary N) is 1. The van der Waals surface area contributed by atoms with E-state index in [-0.39, 0.29) is 11.6 Å². The Morgan fingerprint density at radius 1 is 1.37 bits per heavy atom. The fraction of sp³-hybridized carbons (Fsp3) is 0.933. The van der Waals surface area contributed by atoms with Crippen LogP contribution in [0.4, 0.5) is 0 Å². The second kappa shape index (κ2) is 6.71. The normalized spacial score (nSPS) is 24.4. The van der Waals surface area contributed by atoms with Gasteiger partial charge in [0.25, 0.3) is 0 Å². The molecule has 110 valence electrons. The van der Waals surface area contributed by atoms with Crippen molar-refractivity contribution in [2.24, 2.45) is 0 Å². The number of ether oxygens (including phenoxy) is 1. The topological polar surface area (TPSA) is 41.6 Å². The lowest BCUT2D eigenvalue weighted by atomic mass is 9.79. The average molecular weight is 268 g/mol. The minimum atomic E-state index is 0.115. The number of methoxy groups -OCH3 is 1. The Morgan fingerprint density at radius 3 is 2.79 bits per heavy atom. The summed E-state index contributed by atoms with van der Waals surface area (Å²) in [5.74, 6) is 0.326. The predicted octanol–water partition coefficient (Wildman–Crippen LogP) is 1.94. The SMILES string of the molecule is COC(C)CCC(=O)N1CCNCC12CCCCC2. The summed E-state index contributed by atoms with van der Waals surface area (Å²) in [5, 5.41) is 3.49. The number of carbonyl (C=O) groups excluding carboxylic acids is 1. The largest absolute Gasteiger partial charge is 0.382 e. The minimum Gasteiger partial charge on any atom is -0.382 e. The highest BCUT2D eigenvalue weighted by molar-refractivity contribution is 5.77. The van der Waals surface area contributed by atoms with Gasteiger partial charge in [-0.1, -0.05) is 19.3 Å². The fourth-order valence-corrected chi connectivity index (χ4v) is 3.47. The summed E-state index contributed by atoms with van der Waals surface area (Å²) in [7, 11) is 1.71. The molecule has 1 heterocycles. The van der Waals surface area contributed by atoms with Crippen molar-refractivity contribution >= 4 is 5.91 Å². The first-order valence-electron chi connectivity index (χ1n) is 7.72. The molecule has 0 aromatic heterocycles. The van der Waals surface area contributed by atoms with E-state index in [0.29, 0.717) is 12.3 Å². The van der Waals surface area contributed by atoms with E-state index in [0.717, 1.165) is 26.1 Å². The van der Waals surface area contributed by atoms with Gasteiger partial charge in [0.2, 0.25) is 5.91 Å². The molecule has 1 aliphatic carbocycles. The van der Waals surface area contributed by atoms with Gasteiger partial charge in [-0.3, -0.25) is 4.79 Å². The van der Waals surface area contributed by atoms with Crippen molar-refractivity contribution in [3.63, 3.8) is 0 Å². The standard InChI is InChI=1S/C15H28N2O2/c1-13(19-2)6-7-14(18)17-11-10-16-12-15(17)8-4-3-5-9-15/h13,16H,3-12H2,1-2H3. The van der Waals surface area contributed by atoms with Gasteiger partial charge in [-0.25, -0.2) is 0 Å². The van der Waals surface area contributed by atoms with Gasteiger partial charge in [0.15, 0.2) is 0 Å². The number of nitrogens with zero attached hydrogens (tertiary/aromatic N) is 1. The van der Waals surface area contributed by atoms with Gasteiger partial charge in [0.1, 0.15) is 0 Å². The van der Waals surface area contributed by atoms with Gasteiger partial charge in [-0.2, -0.15) is 0 Å². The Hall–Kier alpha value is -0.610. The van der Waals surface area contributed by atoms with E-state index in [9.17, 15) is 4.79 Å². The summed E-state index contributed by atoms with van der Waals surface area (Å²) in [6.07, 6.45) is 7.82. The summed E-state index contributed by atoms with van der Waals surface area (Å²) in [5.41, 5.74) is 0.115. The Bertz CT molecular complexity index is 292. The van der Waals surface area contributed by atoms with Crippen LogP contribution in [0.25, 0.3) is 0 Å². The van der Waals surface area contributed by atoms with E-state index in [1.807, 2.05) is 6.92 Å². The molecule has 1 atom stereocenters. The molecule has 4 heteroatoms. The summed E-state index contributed by atoms with van der Waals surface area (Å²) in [6, 6.07) is 0. The molecule has 1 saturated carbocycles. The zero-order valence-corrected chi connectivity index (χ0v) is 12.4. The monoisotopic (exact) mass is 268 g/mol. The zero-order chi connectivity index (χ0) is 13.7. The van der Waals surface area contributed by atoms with Gasteiger partial charge in [-0.15, -0.1) is 0 Å². The first-order valence-corrected chi connectivity index (χ1v) is 7.72. The van der Waals surface area contributed by atoms with Crippen molar-refractivity contribution in [1.29, 1.82) is 0 Å². The third-order valence-electron chi connectivity index (χ3n) is 4.79. The highest BCUT2D eigenvalue weighted by Crippen LogP contribution is 2.35. The molecular formula is C15H28N2O2. The lowest BCUT2D eigenvalue weighted by Crippen LogP contribution is -2.63. The number of hydrogen-bond donors (Lipinski definition) is 1. The molecule has 4 nitrogen and oxygen atoms in total. The van der Waals surface area contributed by atoms with Crippen molar-refractivity contribution in [2.45, 2.75) is 63.5 Å². The van der Waals surface area contributed by atoms with E-state index in [1.54, 1.807) is 7.11 Å². The van der Waals surface area contributed by atoms with E-state index < -0.39 is 0 Å². The second-order valence-corrected chi connectivity index (χ2v) is 6.09. The maximum absolute atomic E-state index is 12.5. The van der Waals surface area contributed by atoms with Gasteiger partial charge in [-0.05, 0) is 26.2 Å². The maximum atomic E-state index is 12.5. The molecular weight excluding hydrogens is 240 g/mol. The summed E-state index contributed by atoms with van der Waals surface area (Å²) in [4.78, 5) is 14.7. The van der Waals surface area contributed by atoms with Crippen LogP contribution < -0.4 is 5.32 Å². The van der Waals surface area contributed by atoms with Crippen LogP contribution in [0.2, 0.25) is 0 Å². The van der Waals surface area contributed by atoms with Crippen LogP contribution in [0.3, 0.4) is 0 Å². The average Bonchev–Trinajstić information content (AvgIpc) is 2.45. The second-order valence-electron chi connectivity index (χ2n) is 6.09. The van der Waals surface area contributed by atoms with Crippen LogP contribution in [0, 0.1) is 0 Å². The Labute approximate surface area is 116 Å². The van der Waals surface area contributed by atoms with Crippen molar-refractivity contribution in [3.8, 4) is 0 Å². The summed E-state index contributed by atoms with van der Waals surface area (Å²) in [6.45, 7) is 4.83. The highest BCUT2D eigenvalue weighted by atomic mass is 16.5. The molecule has 0 aromatic rings. The van der Waals surface area contributed by atoms with E-state index >= 15 is 0 Å². The number of amides is 1. The van der Waals surface area contributed by atoms with Gasteiger partial charge >= 0.3 is 0 Å². The number of rotatable bonds is 4. The van der Waals surface area contributed by atoms with Crippen molar-refractivity contribution in [1.82, 2.24) is 10.2 Å². The van der Waals surface area contributed by atoms with Crippen LogP contribution >= 0.6 is 0 Å². The molecule has 2 fully saturated rings. The molecule has 1 unspecified atom stereocenters. The maximum Gasteiger partial charge on any atom is 0.223 e. The zero-order valence-electron chi connectivity index (χ0n) is 12.4. The van der Waals surface area contributed by atoms with Crippen LogP contribution in [0.5, 0.6) is 0 Å². The van der Waals surface area contributed by atoms with Crippen molar-refractivity contribution < 1.29 is 9.53 Å². The predicted molar refractivity (Wildman–Crippen MR) is 76.1 cm³/mol. The number of piperazine rings is 1. The van der Waals surface area contributed by atoms with Gasteiger partial charge < -0.3 is 15.0 Å². The Morgan fingerprint density at radius 2 is 2.11 bits per heavy atom. The lowest BCUT2D eigenvalue weighted by molar-refractivity contribution is -0.141. The molecule has 1 aliphatic heterocycles. The van der Waals surface area contributed by atoms with Crippen molar-refractivity contribution in [2.75, 3.05) is 26.7 Å². The van der Waals surface area contributed by atoms with Gasteiger partial charge in [0.05, 0.1) is 11.6 Å². The summed E-state index contributed by atoms with van der Waals surface area (Å²) >= 11 is 0. The minimum absolute atomic E-state index is 0.115. The molecule has 1 saturated heterocycles. The van der Waals surface area contributed by atoms with Crippen LogP contribution in [0.1, 0.15) is 51.9 Å². The molecule has 1 spiro atoms. The Kier molecular flexibility index (Phi) is 5.22. The lowest BCUT2D eigenvalue weighted by Gasteiger charge is -2.50. The fourth-order valence-electron chi connectivity index (χ4n) is 3.47. The number of hydrogen-bond acceptors (Lipinski definition) is 3. The van der Waals surface area contributed by atoms with E-state index in [2.05, 4.69) is 10.2 Å². The van der Waals surface area contributed by atoms with Crippen LogP contribution in [0.15, 0.2) is 0 Å². The molecule has 2 rings (SSSR count). The molecule has 1 N–H and O–H groups in total. The third-order valence-corrected chi connectivity index (χ3v) is 4.79.